The standard InChI is InChI=1S/C23H25N3O6S/c1-13-7-8-14(21(23(28)29)15-9-16(24)22(25-2)18(27)11-15)10-17(13)26-12-32-19-5-3-4-6-20(19)33(30)31/h3-11,21,25-27H,12,24H2,1-2H3,(H,28,29)(H,30,31). The third-order valence-electron chi connectivity index (χ3n) is 5.12. The molecule has 2 unspecified atom stereocenters. The average molecular weight is 472 g/mol. The molecule has 0 aliphatic carbocycles. The number of ether oxygens (including phenoxy) is 1. The van der Waals surface area contributed by atoms with Crippen molar-refractivity contribution in [1.82, 2.24) is 0 Å². The van der Waals surface area contributed by atoms with E-state index in [1.165, 1.54) is 18.2 Å². The Morgan fingerprint density at radius 2 is 1.88 bits per heavy atom. The molecule has 0 saturated carbocycles. The highest BCUT2D eigenvalue weighted by Gasteiger charge is 2.25. The van der Waals surface area contributed by atoms with Gasteiger partial charge >= 0.3 is 5.97 Å². The number of carbonyl (C=O) groups is 1. The normalized spacial score (nSPS) is 12.6. The molecule has 0 heterocycles. The summed E-state index contributed by atoms with van der Waals surface area (Å²) in [7, 11) is 1.61. The molecule has 0 saturated heterocycles. The molecular weight excluding hydrogens is 446 g/mol. The van der Waals surface area contributed by atoms with Gasteiger partial charge in [0, 0.05) is 12.7 Å². The van der Waals surface area contributed by atoms with Gasteiger partial charge in [0.2, 0.25) is 0 Å². The van der Waals surface area contributed by atoms with Crippen LogP contribution in [0.1, 0.15) is 22.6 Å². The van der Waals surface area contributed by atoms with Crippen LogP contribution in [0.5, 0.6) is 11.5 Å². The van der Waals surface area contributed by atoms with Crippen LogP contribution in [0.25, 0.3) is 0 Å². The minimum absolute atomic E-state index is 0.0130. The summed E-state index contributed by atoms with van der Waals surface area (Å²) in [6.07, 6.45) is 0. The van der Waals surface area contributed by atoms with Gasteiger partial charge in [0.25, 0.3) is 0 Å². The van der Waals surface area contributed by atoms with E-state index in [4.69, 9.17) is 10.5 Å². The molecule has 0 amide bonds. The third kappa shape index (κ3) is 5.36. The highest BCUT2D eigenvalue weighted by molar-refractivity contribution is 7.79. The molecule has 33 heavy (non-hydrogen) atoms. The number of phenols is 1. The maximum atomic E-state index is 12.1. The van der Waals surface area contributed by atoms with Gasteiger partial charge in [0.1, 0.15) is 22.3 Å². The molecule has 7 N–H and O–H groups in total. The molecule has 0 aromatic heterocycles. The summed E-state index contributed by atoms with van der Waals surface area (Å²) in [5.41, 5.74) is 8.82. The zero-order chi connectivity index (χ0) is 24.1. The second-order valence-corrected chi connectivity index (χ2v) is 8.20. The van der Waals surface area contributed by atoms with Crippen molar-refractivity contribution in [3.63, 3.8) is 0 Å². The SMILES string of the molecule is CNc1c(N)cc(C(C(=O)O)c2ccc(C)c(NCOc3ccccc3S(=O)O)c2)cc1O. The largest absolute Gasteiger partial charge is 0.506 e. The quantitative estimate of drug-likeness (QED) is 0.119. The molecule has 9 nitrogen and oxygen atoms in total. The number of hydrogen-bond donors (Lipinski definition) is 6. The molecule has 2 atom stereocenters. The molecule has 0 bridgehead atoms. The number of phenolic OH excluding ortho intramolecular Hbond substituents is 1. The summed E-state index contributed by atoms with van der Waals surface area (Å²) in [6, 6.07) is 14.5. The molecule has 0 fully saturated rings. The summed E-state index contributed by atoms with van der Waals surface area (Å²) in [4.78, 5) is 12.3. The number of rotatable bonds is 9. The van der Waals surface area contributed by atoms with Crippen molar-refractivity contribution in [2.45, 2.75) is 17.7 Å². The molecule has 10 heteroatoms. The first kappa shape index (κ1) is 23.9. The van der Waals surface area contributed by atoms with Crippen LogP contribution >= 0.6 is 0 Å². The number of nitrogens with one attached hydrogen (secondary N) is 2. The Kier molecular flexibility index (Phi) is 7.41. The number of carboxylic acids is 1. The maximum Gasteiger partial charge on any atom is 0.315 e. The van der Waals surface area contributed by atoms with Gasteiger partial charge in [-0.05, 0) is 53.9 Å². The number of aromatic hydroxyl groups is 1. The lowest BCUT2D eigenvalue weighted by molar-refractivity contribution is -0.137. The lowest BCUT2D eigenvalue weighted by Crippen LogP contribution is -2.15. The highest BCUT2D eigenvalue weighted by atomic mass is 32.2. The van der Waals surface area contributed by atoms with E-state index >= 15 is 0 Å². The second-order valence-electron chi connectivity index (χ2n) is 7.26. The van der Waals surface area contributed by atoms with Crippen molar-refractivity contribution in [1.29, 1.82) is 0 Å². The van der Waals surface area contributed by atoms with E-state index in [0.717, 1.165) is 5.56 Å². The summed E-state index contributed by atoms with van der Waals surface area (Å²) in [5.74, 6) is -2.05. The van der Waals surface area contributed by atoms with Gasteiger partial charge in [-0.25, -0.2) is 4.21 Å². The van der Waals surface area contributed by atoms with Crippen LogP contribution in [-0.4, -0.2) is 38.7 Å². The first-order valence-corrected chi connectivity index (χ1v) is 11.0. The molecule has 0 aliphatic rings. The van der Waals surface area contributed by atoms with Gasteiger partial charge in [-0.15, -0.1) is 0 Å². The van der Waals surface area contributed by atoms with Gasteiger partial charge < -0.3 is 35.9 Å². The Bertz CT molecular complexity index is 1180. The minimum atomic E-state index is -2.19. The second kappa shape index (κ2) is 10.2. The number of nitrogen functional groups attached to an aromatic ring is 1. The van der Waals surface area contributed by atoms with Gasteiger partial charge in [0.15, 0.2) is 17.8 Å². The summed E-state index contributed by atoms with van der Waals surface area (Å²) >= 11 is -2.19. The van der Waals surface area contributed by atoms with Crippen molar-refractivity contribution >= 4 is 34.1 Å². The van der Waals surface area contributed by atoms with Crippen molar-refractivity contribution in [3.05, 3.63) is 71.3 Å². The van der Waals surface area contributed by atoms with E-state index in [2.05, 4.69) is 10.6 Å². The topological polar surface area (TPSA) is 154 Å². The van der Waals surface area contributed by atoms with E-state index in [1.54, 1.807) is 43.4 Å². The number of nitrogens with two attached hydrogens (primary N) is 1. The van der Waals surface area contributed by atoms with Crippen LogP contribution in [0.4, 0.5) is 17.1 Å². The Morgan fingerprint density at radius 3 is 2.52 bits per heavy atom. The predicted molar refractivity (Wildman–Crippen MR) is 127 cm³/mol. The summed E-state index contributed by atoms with van der Waals surface area (Å²) in [6.45, 7) is 1.84. The molecule has 3 aromatic rings. The molecule has 3 rings (SSSR count). The number of aryl methyl sites for hydroxylation is 1. The van der Waals surface area contributed by atoms with Gasteiger partial charge in [-0.3, -0.25) is 4.79 Å². The highest BCUT2D eigenvalue weighted by Crippen LogP contribution is 2.37. The van der Waals surface area contributed by atoms with Crippen LogP contribution < -0.4 is 21.1 Å². The van der Waals surface area contributed by atoms with E-state index in [1.807, 2.05) is 6.92 Å². The maximum absolute atomic E-state index is 12.1. The number of carboxylic acid groups (broad SMARTS) is 1. The van der Waals surface area contributed by atoms with Crippen molar-refractivity contribution in [3.8, 4) is 11.5 Å². The van der Waals surface area contributed by atoms with E-state index in [-0.39, 0.29) is 28.8 Å². The Hall–Kier alpha value is -3.76. The van der Waals surface area contributed by atoms with Crippen molar-refractivity contribution in [2.75, 3.05) is 30.1 Å². The Balaban J connectivity index is 1.86. The molecule has 0 radical (unpaired) electrons. The fourth-order valence-corrected chi connectivity index (χ4v) is 4.00. The summed E-state index contributed by atoms with van der Waals surface area (Å²) < 4.78 is 26.4. The summed E-state index contributed by atoms with van der Waals surface area (Å²) in [5, 5.41) is 26.0. The monoisotopic (exact) mass is 471 g/mol. The van der Waals surface area contributed by atoms with Gasteiger partial charge in [0.05, 0.1) is 11.4 Å². The van der Waals surface area contributed by atoms with Crippen molar-refractivity contribution in [2.24, 2.45) is 0 Å². The van der Waals surface area contributed by atoms with Crippen LogP contribution in [0.15, 0.2) is 59.5 Å². The van der Waals surface area contributed by atoms with Crippen LogP contribution in [0, 0.1) is 6.92 Å². The fraction of sp³-hybridized carbons (Fsp3) is 0.174. The van der Waals surface area contributed by atoms with Crippen LogP contribution in [0.3, 0.4) is 0 Å². The fourth-order valence-electron chi connectivity index (χ4n) is 3.50. The third-order valence-corrected chi connectivity index (χ3v) is 5.84. The molecule has 174 valence electrons. The predicted octanol–water partition coefficient (Wildman–Crippen LogP) is 3.57. The number of aliphatic carboxylic acids is 1. The molecule has 0 spiro atoms. The van der Waals surface area contributed by atoms with E-state index in [0.29, 0.717) is 22.5 Å². The Morgan fingerprint density at radius 1 is 1.15 bits per heavy atom. The zero-order valence-electron chi connectivity index (χ0n) is 18.0. The molecule has 0 aliphatic heterocycles. The van der Waals surface area contributed by atoms with Crippen LogP contribution in [-0.2, 0) is 15.9 Å². The number of benzene rings is 3. The first-order valence-electron chi connectivity index (χ1n) is 9.93. The first-order chi connectivity index (χ1) is 15.7. The number of para-hydroxylation sites is 1. The lowest BCUT2D eigenvalue weighted by Gasteiger charge is -2.19. The van der Waals surface area contributed by atoms with Gasteiger partial charge in [-0.2, -0.15) is 0 Å². The van der Waals surface area contributed by atoms with Gasteiger partial charge in [-0.1, -0.05) is 24.3 Å². The minimum Gasteiger partial charge on any atom is -0.506 e. The number of anilines is 3. The molecular formula is C23H25N3O6S. The van der Waals surface area contributed by atoms with Crippen LogP contribution in [0.2, 0.25) is 0 Å². The Labute approximate surface area is 193 Å². The van der Waals surface area contributed by atoms with Crippen molar-refractivity contribution < 1.29 is 28.5 Å². The lowest BCUT2D eigenvalue weighted by atomic mass is 9.89. The van der Waals surface area contributed by atoms with E-state index in [9.17, 15) is 23.8 Å². The molecule has 3 aromatic carbocycles. The van der Waals surface area contributed by atoms with E-state index < -0.39 is 23.0 Å². The smallest absolute Gasteiger partial charge is 0.315 e. The average Bonchev–Trinajstić information content (AvgIpc) is 2.75. The number of hydrogen-bond acceptors (Lipinski definition) is 7. The zero-order valence-corrected chi connectivity index (χ0v) is 18.8.